The van der Waals surface area contributed by atoms with E-state index in [0.29, 0.717) is 21.8 Å². The molecular formula is C22H12F2N2O5S. The molecule has 0 radical (unpaired) electrons. The first-order valence-corrected chi connectivity index (χ1v) is 9.91. The minimum atomic E-state index is -1.58. The van der Waals surface area contributed by atoms with Gasteiger partial charge in [0.1, 0.15) is 10.8 Å². The number of ether oxygens (including phenoxy) is 1. The highest BCUT2D eigenvalue weighted by Crippen LogP contribution is 2.39. The number of rotatable bonds is 5. The Morgan fingerprint density at radius 1 is 1.00 bits per heavy atom. The van der Waals surface area contributed by atoms with Gasteiger partial charge in [0.05, 0.1) is 16.2 Å². The van der Waals surface area contributed by atoms with E-state index in [9.17, 15) is 23.7 Å². The predicted octanol–water partition coefficient (Wildman–Crippen LogP) is 6.39. The van der Waals surface area contributed by atoms with Crippen LogP contribution in [0.4, 0.5) is 19.3 Å². The molecule has 160 valence electrons. The van der Waals surface area contributed by atoms with Crippen LogP contribution in [0, 0.1) is 21.7 Å². The van der Waals surface area contributed by atoms with Crippen LogP contribution in [-0.2, 0) is 0 Å². The number of nitro groups is 1. The lowest BCUT2D eigenvalue weighted by Gasteiger charge is -2.10. The molecular weight excluding hydrogens is 442 g/mol. The fourth-order valence-corrected chi connectivity index (χ4v) is 3.94. The second-order valence-electron chi connectivity index (χ2n) is 6.52. The van der Waals surface area contributed by atoms with Crippen molar-refractivity contribution in [2.75, 3.05) is 0 Å². The molecule has 0 bridgehead atoms. The van der Waals surface area contributed by atoms with Gasteiger partial charge in [-0.1, -0.05) is 18.2 Å². The SMILES string of the molecule is O=C(O)Oc1cc(-c2nc(-c3ccc(F)c(F)c3)cs2)ccc1-c1ccccc1[N+](=O)[O-]. The largest absolute Gasteiger partial charge is 0.511 e. The highest BCUT2D eigenvalue weighted by atomic mass is 32.1. The first-order valence-electron chi connectivity index (χ1n) is 9.03. The summed E-state index contributed by atoms with van der Waals surface area (Å²) in [6.45, 7) is 0. The Morgan fingerprint density at radius 2 is 1.75 bits per heavy atom. The standard InChI is InChI=1S/C22H12F2N2O5S/c23-16-8-6-12(9-17(16)24)18-11-32-21(25-18)13-5-7-15(20(10-13)31-22(27)28)14-3-1-2-4-19(14)26(29)30/h1-11H,(H,27,28). The molecule has 1 heterocycles. The monoisotopic (exact) mass is 454 g/mol. The van der Waals surface area contributed by atoms with Gasteiger partial charge in [0.2, 0.25) is 0 Å². The maximum absolute atomic E-state index is 13.5. The van der Waals surface area contributed by atoms with E-state index in [2.05, 4.69) is 4.98 Å². The third-order valence-corrected chi connectivity index (χ3v) is 5.43. The van der Waals surface area contributed by atoms with Crippen LogP contribution >= 0.6 is 11.3 Å². The van der Waals surface area contributed by atoms with Gasteiger partial charge in [0.15, 0.2) is 11.6 Å². The van der Waals surface area contributed by atoms with Crippen LogP contribution in [0.2, 0.25) is 0 Å². The molecule has 0 spiro atoms. The first kappa shape index (κ1) is 21.1. The van der Waals surface area contributed by atoms with Crippen LogP contribution in [0.25, 0.3) is 33.0 Å². The summed E-state index contributed by atoms with van der Waals surface area (Å²) in [6.07, 6.45) is -1.58. The molecule has 0 saturated heterocycles. The van der Waals surface area contributed by atoms with Crippen LogP contribution < -0.4 is 4.74 Å². The van der Waals surface area contributed by atoms with Gasteiger partial charge in [0, 0.05) is 28.1 Å². The number of thiazole rings is 1. The molecule has 4 rings (SSSR count). The second-order valence-corrected chi connectivity index (χ2v) is 7.38. The van der Waals surface area contributed by atoms with Gasteiger partial charge in [0.25, 0.3) is 5.69 Å². The van der Waals surface area contributed by atoms with Crippen molar-refractivity contribution < 1.29 is 28.3 Å². The average Bonchev–Trinajstić information content (AvgIpc) is 3.25. The van der Waals surface area contributed by atoms with Gasteiger partial charge in [-0.2, -0.15) is 0 Å². The lowest BCUT2D eigenvalue weighted by atomic mass is 10.0. The van der Waals surface area contributed by atoms with Crippen LogP contribution in [0.3, 0.4) is 0 Å². The third-order valence-electron chi connectivity index (χ3n) is 4.54. The van der Waals surface area contributed by atoms with E-state index in [-0.39, 0.29) is 22.6 Å². The fraction of sp³-hybridized carbons (Fsp3) is 0. The molecule has 0 aliphatic heterocycles. The zero-order chi connectivity index (χ0) is 22.8. The molecule has 0 unspecified atom stereocenters. The normalized spacial score (nSPS) is 10.7. The quantitative estimate of drug-likeness (QED) is 0.162. The van der Waals surface area contributed by atoms with Gasteiger partial charge in [-0.15, -0.1) is 11.3 Å². The number of hydrogen-bond acceptors (Lipinski definition) is 6. The van der Waals surface area contributed by atoms with Crippen LogP contribution in [-0.4, -0.2) is 21.2 Å². The Labute approximate surface area is 183 Å². The molecule has 0 amide bonds. The van der Waals surface area contributed by atoms with E-state index in [1.54, 1.807) is 17.5 Å². The van der Waals surface area contributed by atoms with Crippen LogP contribution in [0.5, 0.6) is 5.75 Å². The number of para-hydroxylation sites is 1. The molecule has 0 aliphatic rings. The van der Waals surface area contributed by atoms with E-state index in [1.165, 1.54) is 47.7 Å². The maximum atomic E-state index is 13.5. The Morgan fingerprint density at radius 3 is 2.47 bits per heavy atom. The molecule has 0 atom stereocenters. The number of benzene rings is 3. The van der Waals surface area contributed by atoms with Crippen molar-refractivity contribution in [2.45, 2.75) is 0 Å². The van der Waals surface area contributed by atoms with Gasteiger partial charge in [-0.05, 0) is 36.4 Å². The molecule has 1 N–H and O–H groups in total. The van der Waals surface area contributed by atoms with Gasteiger partial charge < -0.3 is 9.84 Å². The second kappa shape index (κ2) is 8.52. The Kier molecular flexibility index (Phi) is 5.61. The van der Waals surface area contributed by atoms with Crippen molar-refractivity contribution in [1.29, 1.82) is 0 Å². The summed E-state index contributed by atoms with van der Waals surface area (Å²) in [4.78, 5) is 26.5. The van der Waals surface area contributed by atoms with E-state index >= 15 is 0 Å². The fourth-order valence-electron chi connectivity index (χ4n) is 3.11. The van der Waals surface area contributed by atoms with Crippen LogP contribution in [0.1, 0.15) is 0 Å². The smallest absolute Gasteiger partial charge is 0.449 e. The molecule has 4 aromatic rings. The van der Waals surface area contributed by atoms with Gasteiger partial charge >= 0.3 is 6.16 Å². The zero-order valence-corrected chi connectivity index (χ0v) is 16.8. The van der Waals surface area contributed by atoms with Crippen LogP contribution in [0.15, 0.2) is 66.0 Å². The van der Waals surface area contributed by atoms with Crippen molar-refractivity contribution in [3.8, 4) is 38.7 Å². The summed E-state index contributed by atoms with van der Waals surface area (Å²) in [7, 11) is 0. The van der Waals surface area contributed by atoms with Gasteiger partial charge in [-0.25, -0.2) is 18.6 Å². The summed E-state index contributed by atoms with van der Waals surface area (Å²) in [5.41, 5.74) is 1.49. The lowest BCUT2D eigenvalue weighted by molar-refractivity contribution is -0.384. The van der Waals surface area contributed by atoms with E-state index < -0.39 is 22.7 Å². The average molecular weight is 454 g/mol. The topological polar surface area (TPSA) is 103 Å². The number of hydrogen-bond donors (Lipinski definition) is 1. The van der Waals surface area contributed by atoms with Crippen molar-refractivity contribution in [3.63, 3.8) is 0 Å². The predicted molar refractivity (Wildman–Crippen MR) is 114 cm³/mol. The summed E-state index contributed by atoms with van der Waals surface area (Å²) >= 11 is 1.21. The summed E-state index contributed by atoms with van der Waals surface area (Å²) in [5.74, 6) is -2.07. The molecule has 0 fully saturated rings. The van der Waals surface area contributed by atoms with Crippen molar-refractivity contribution >= 4 is 23.2 Å². The van der Waals surface area contributed by atoms with Crippen molar-refractivity contribution in [2.24, 2.45) is 0 Å². The Bertz CT molecular complexity index is 1360. The zero-order valence-electron chi connectivity index (χ0n) is 16.0. The number of aromatic nitrogens is 1. The minimum absolute atomic E-state index is 0.103. The summed E-state index contributed by atoms with van der Waals surface area (Å²) < 4.78 is 31.6. The van der Waals surface area contributed by atoms with E-state index in [4.69, 9.17) is 9.84 Å². The number of nitro benzene ring substituents is 1. The molecule has 0 aliphatic carbocycles. The van der Waals surface area contributed by atoms with E-state index in [0.717, 1.165) is 12.1 Å². The minimum Gasteiger partial charge on any atom is -0.449 e. The molecule has 7 nitrogen and oxygen atoms in total. The Balaban J connectivity index is 1.77. The summed E-state index contributed by atoms with van der Waals surface area (Å²) in [5, 5.41) is 22.6. The number of carbonyl (C=O) groups is 1. The number of carboxylic acid groups (broad SMARTS) is 1. The first-order chi connectivity index (χ1) is 15.3. The number of nitrogens with zero attached hydrogens (tertiary/aromatic N) is 2. The van der Waals surface area contributed by atoms with Gasteiger partial charge in [-0.3, -0.25) is 10.1 Å². The highest BCUT2D eigenvalue weighted by molar-refractivity contribution is 7.13. The molecule has 1 aromatic heterocycles. The molecule has 0 saturated carbocycles. The maximum Gasteiger partial charge on any atom is 0.511 e. The third kappa shape index (κ3) is 4.16. The molecule has 10 heteroatoms. The molecule has 3 aromatic carbocycles. The summed E-state index contributed by atoms with van der Waals surface area (Å²) in [6, 6.07) is 13.9. The Hall–Kier alpha value is -4.18. The highest BCUT2D eigenvalue weighted by Gasteiger charge is 2.20. The molecule has 32 heavy (non-hydrogen) atoms. The lowest BCUT2D eigenvalue weighted by Crippen LogP contribution is -2.05. The van der Waals surface area contributed by atoms with Crippen molar-refractivity contribution in [3.05, 3.63) is 87.8 Å². The van der Waals surface area contributed by atoms with E-state index in [1.807, 2.05) is 0 Å². The van der Waals surface area contributed by atoms with Crippen molar-refractivity contribution in [1.82, 2.24) is 4.98 Å². The number of halogens is 2.